The van der Waals surface area contributed by atoms with Gasteiger partial charge in [0.2, 0.25) is 0 Å². The van der Waals surface area contributed by atoms with Crippen LogP contribution in [0.25, 0.3) is 22.6 Å². The number of allylic oxidation sites excluding steroid dienone is 1. The molecule has 0 aliphatic rings. The summed E-state index contributed by atoms with van der Waals surface area (Å²) in [6, 6.07) is 15.9. The summed E-state index contributed by atoms with van der Waals surface area (Å²) in [4.78, 5) is 15.9. The Kier molecular flexibility index (Phi) is 5.27. The van der Waals surface area contributed by atoms with Crippen LogP contribution in [0.1, 0.15) is 25.0 Å². The summed E-state index contributed by atoms with van der Waals surface area (Å²) in [5.74, 6) is 0.330. The fraction of sp³-hybridized carbons (Fsp3) is 0.190. The second-order valence-corrected chi connectivity index (χ2v) is 6.01. The Labute approximate surface area is 153 Å². The maximum absolute atomic E-state index is 11.6. The van der Waals surface area contributed by atoms with Gasteiger partial charge in [-0.2, -0.15) is 0 Å². The Bertz CT molecular complexity index is 923. The lowest BCUT2D eigenvalue weighted by atomic mass is 10.0. The maximum Gasteiger partial charge on any atom is 0.331 e. The molecule has 3 aromatic rings. The van der Waals surface area contributed by atoms with Crippen LogP contribution in [0.5, 0.6) is 0 Å². The maximum atomic E-state index is 11.6. The van der Waals surface area contributed by atoms with E-state index in [-0.39, 0.29) is 5.97 Å². The number of hydrogen-bond donors (Lipinski definition) is 0. The van der Waals surface area contributed by atoms with E-state index in [1.165, 1.54) is 11.6 Å². The summed E-state index contributed by atoms with van der Waals surface area (Å²) < 4.78 is 6.70. The predicted molar refractivity (Wildman–Crippen MR) is 102 cm³/mol. The summed E-state index contributed by atoms with van der Waals surface area (Å²) in [6.07, 6.45) is 3.21. The Balaban J connectivity index is 1.79. The normalized spacial score (nSPS) is 11.4. The third kappa shape index (κ3) is 4.06. The van der Waals surface area contributed by atoms with E-state index < -0.39 is 0 Å². The highest BCUT2D eigenvalue weighted by Gasteiger charge is 2.07. The first-order chi connectivity index (χ1) is 12.6. The van der Waals surface area contributed by atoms with Crippen LogP contribution in [0.4, 0.5) is 0 Å². The summed E-state index contributed by atoms with van der Waals surface area (Å²) in [5.41, 5.74) is 4.91. The van der Waals surface area contributed by atoms with E-state index in [4.69, 9.17) is 4.74 Å². The lowest BCUT2D eigenvalue weighted by Gasteiger charge is -2.03. The van der Waals surface area contributed by atoms with Crippen LogP contribution in [0, 0.1) is 6.92 Å². The number of carbonyl (C=O) groups is 1. The van der Waals surface area contributed by atoms with Crippen molar-refractivity contribution in [3.05, 3.63) is 72.1 Å². The van der Waals surface area contributed by atoms with Crippen molar-refractivity contribution in [3.8, 4) is 17.1 Å². The SMILES string of the molecule is CCOC(=O)/C=C(/C)c1ccc(-c2ncn(-c3ccc(C)cc3)n2)cc1. The Morgan fingerprint density at radius 3 is 2.46 bits per heavy atom. The molecule has 0 N–H and O–H groups in total. The molecule has 3 rings (SSSR count). The molecule has 0 saturated carbocycles. The molecule has 1 heterocycles. The number of esters is 1. The lowest BCUT2D eigenvalue weighted by Crippen LogP contribution is -2.00. The van der Waals surface area contributed by atoms with Gasteiger partial charge in [0.15, 0.2) is 5.82 Å². The molecule has 0 unspecified atom stereocenters. The zero-order chi connectivity index (χ0) is 18.5. The number of carbonyl (C=O) groups excluding carboxylic acids is 1. The van der Waals surface area contributed by atoms with Gasteiger partial charge in [-0.05, 0) is 44.0 Å². The van der Waals surface area contributed by atoms with Crippen LogP contribution in [-0.4, -0.2) is 27.3 Å². The molecule has 0 fully saturated rings. The average molecular weight is 347 g/mol. The number of rotatable bonds is 5. The smallest absolute Gasteiger partial charge is 0.331 e. The number of aryl methyl sites for hydroxylation is 1. The first kappa shape index (κ1) is 17.6. The minimum Gasteiger partial charge on any atom is -0.463 e. The molecule has 0 radical (unpaired) electrons. The van der Waals surface area contributed by atoms with Crippen molar-refractivity contribution in [2.24, 2.45) is 0 Å². The van der Waals surface area contributed by atoms with E-state index >= 15 is 0 Å². The van der Waals surface area contributed by atoms with Gasteiger partial charge >= 0.3 is 5.97 Å². The van der Waals surface area contributed by atoms with E-state index in [0.29, 0.717) is 12.4 Å². The van der Waals surface area contributed by atoms with E-state index in [1.807, 2.05) is 55.5 Å². The quantitative estimate of drug-likeness (QED) is 0.512. The van der Waals surface area contributed by atoms with Gasteiger partial charge in [-0.1, -0.05) is 42.0 Å². The van der Waals surface area contributed by atoms with E-state index in [2.05, 4.69) is 17.0 Å². The Morgan fingerprint density at radius 1 is 1.12 bits per heavy atom. The van der Waals surface area contributed by atoms with E-state index in [0.717, 1.165) is 22.4 Å². The summed E-state index contributed by atoms with van der Waals surface area (Å²) in [5, 5.41) is 4.54. The van der Waals surface area contributed by atoms with E-state index in [1.54, 1.807) is 17.9 Å². The van der Waals surface area contributed by atoms with Crippen molar-refractivity contribution in [3.63, 3.8) is 0 Å². The molecule has 0 spiro atoms. The summed E-state index contributed by atoms with van der Waals surface area (Å²) >= 11 is 0. The zero-order valence-electron chi connectivity index (χ0n) is 15.1. The molecular weight excluding hydrogens is 326 g/mol. The summed E-state index contributed by atoms with van der Waals surface area (Å²) in [7, 11) is 0. The van der Waals surface area contributed by atoms with Gasteiger partial charge in [-0.3, -0.25) is 0 Å². The topological polar surface area (TPSA) is 57.0 Å². The number of nitrogens with zero attached hydrogens (tertiary/aromatic N) is 3. The second kappa shape index (κ2) is 7.78. The minimum atomic E-state index is -0.326. The third-order valence-electron chi connectivity index (χ3n) is 4.01. The molecule has 132 valence electrons. The van der Waals surface area contributed by atoms with Crippen molar-refractivity contribution in [2.45, 2.75) is 20.8 Å². The van der Waals surface area contributed by atoms with Crippen LogP contribution in [-0.2, 0) is 9.53 Å². The van der Waals surface area contributed by atoms with Crippen LogP contribution in [0.15, 0.2) is 60.9 Å². The molecule has 0 aliphatic carbocycles. The molecule has 0 aliphatic heterocycles. The minimum absolute atomic E-state index is 0.326. The van der Waals surface area contributed by atoms with Crippen molar-refractivity contribution in [2.75, 3.05) is 6.61 Å². The van der Waals surface area contributed by atoms with Crippen LogP contribution < -0.4 is 0 Å². The summed E-state index contributed by atoms with van der Waals surface area (Å²) in [6.45, 7) is 6.10. The van der Waals surface area contributed by atoms with Crippen LogP contribution in [0.3, 0.4) is 0 Å². The van der Waals surface area contributed by atoms with Crippen LogP contribution >= 0.6 is 0 Å². The second-order valence-electron chi connectivity index (χ2n) is 6.01. The Hall–Kier alpha value is -3.21. The van der Waals surface area contributed by atoms with Crippen molar-refractivity contribution in [1.29, 1.82) is 0 Å². The van der Waals surface area contributed by atoms with Crippen molar-refractivity contribution < 1.29 is 9.53 Å². The van der Waals surface area contributed by atoms with Gasteiger partial charge < -0.3 is 4.74 Å². The highest BCUT2D eigenvalue weighted by Crippen LogP contribution is 2.20. The average Bonchev–Trinajstić information content (AvgIpc) is 3.12. The highest BCUT2D eigenvalue weighted by molar-refractivity contribution is 5.91. The van der Waals surface area contributed by atoms with Gasteiger partial charge in [0.25, 0.3) is 0 Å². The van der Waals surface area contributed by atoms with Crippen LogP contribution in [0.2, 0.25) is 0 Å². The molecule has 0 saturated heterocycles. The fourth-order valence-electron chi connectivity index (χ4n) is 2.54. The zero-order valence-corrected chi connectivity index (χ0v) is 15.1. The number of ether oxygens (including phenoxy) is 1. The highest BCUT2D eigenvalue weighted by atomic mass is 16.5. The molecular formula is C21H21N3O2. The largest absolute Gasteiger partial charge is 0.463 e. The monoisotopic (exact) mass is 347 g/mol. The number of hydrogen-bond acceptors (Lipinski definition) is 4. The van der Waals surface area contributed by atoms with Gasteiger partial charge in [-0.15, -0.1) is 5.10 Å². The molecule has 26 heavy (non-hydrogen) atoms. The third-order valence-corrected chi connectivity index (χ3v) is 4.01. The van der Waals surface area contributed by atoms with E-state index in [9.17, 15) is 4.79 Å². The lowest BCUT2D eigenvalue weighted by molar-refractivity contribution is -0.137. The van der Waals surface area contributed by atoms with Crippen molar-refractivity contribution in [1.82, 2.24) is 14.8 Å². The number of aromatic nitrogens is 3. The predicted octanol–water partition coefficient (Wildman–Crippen LogP) is 4.21. The molecule has 0 atom stereocenters. The van der Waals surface area contributed by atoms with Gasteiger partial charge in [0.05, 0.1) is 12.3 Å². The fourth-order valence-corrected chi connectivity index (χ4v) is 2.54. The van der Waals surface area contributed by atoms with Gasteiger partial charge in [0, 0.05) is 11.6 Å². The molecule has 5 nitrogen and oxygen atoms in total. The van der Waals surface area contributed by atoms with Crippen molar-refractivity contribution >= 4 is 11.5 Å². The molecule has 5 heteroatoms. The standard InChI is InChI=1S/C21H21N3O2/c1-4-26-20(25)13-16(3)17-7-9-18(10-8-17)21-22-14-24(23-21)19-11-5-15(2)6-12-19/h5-14H,4H2,1-3H3/b16-13-. The molecule has 0 amide bonds. The van der Waals surface area contributed by atoms with Gasteiger partial charge in [-0.25, -0.2) is 14.5 Å². The first-order valence-electron chi connectivity index (χ1n) is 8.51. The molecule has 0 bridgehead atoms. The molecule has 1 aromatic heterocycles. The Morgan fingerprint density at radius 2 is 1.81 bits per heavy atom. The number of benzene rings is 2. The first-order valence-corrected chi connectivity index (χ1v) is 8.51. The molecule has 2 aromatic carbocycles. The van der Waals surface area contributed by atoms with Gasteiger partial charge in [0.1, 0.15) is 6.33 Å².